The van der Waals surface area contributed by atoms with Crippen molar-refractivity contribution < 1.29 is 19.1 Å². The predicted molar refractivity (Wildman–Crippen MR) is 124 cm³/mol. The summed E-state index contributed by atoms with van der Waals surface area (Å²) in [6.45, 7) is 3.56. The lowest BCUT2D eigenvalue weighted by Gasteiger charge is -2.13. The number of ether oxygens (including phenoxy) is 2. The van der Waals surface area contributed by atoms with E-state index in [9.17, 15) is 9.59 Å². The minimum absolute atomic E-state index is 0.226. The highest BCUT2D eigenvalue weighted by atomic mass is 35.5. The number of nitrogens with zero attached hydrogens (tertiary/aromatic N) is 2. The lowest BCUT2D eigenvalue weighted by molar-refractivity contribution is -0.123. The third kappa shape index (κ3) is 5.30. The van der Waals surface area contributed by atoms with Gasteiger partial charge in [0.1, 0.15) is 5.75 Å². The molecule has 7 nitrogen and oxygen atoms in total. The van der Waals surface area contributed by atoms with Crippen LogP contribution in [-0.2, 0) is 9.53 Å². The van der Waals surface area contributed by atoms with E-state index in [1.54, 1.807) is 42.5 Å². The summed E-state index contributed by atoms with van der Waals surface area (Å²) in [5.74, 6) is -0.458. The first-order valence-electron chi connectivity index (χ1n) is 9.58. The molecule has 1 N–H and O–H groups in total. The fraction of sp³-hybridized carbons (Fsp3) is 0.174. The third-order valence-electron chi connectivity index (χ3n) is 4.67. The number of rotatable bonds is 7. The topological polar surface area (TPSA) is 81.9 Å². The lowest BCUT2D eigenvalue weighted by atomic mass is 10.2. The summed E-state index contributed by atoms with van der Waals surface area (Å²) >= 11 is 12.4. The van der Waals surface area contributed by atoms with Crippen LogP contribution in [0.5, 0.6) is 5.75 Å². The van der Waals surface area contributed by atoms with Crippen molar-refractivity contribution in [3.8, 4) is 11.4 Å². The van der Waals surface area contributed by atoms with Gasteiger partial charge in [-0.15, -0.1) is 0 Å². The second kappa shape index (κ2) is 10.3. The predicted octanol–water partition coefficient (Wildman–Crippen LogP) is 4.72. The van der Waals surface area contributed by atoms with Gasteiger partial charge in [-0.05, 0) is 50.2 Å². The number of para-hydroxylation sites is 1. The molecule has 2 aromatic carbocycles. The van der Waals surface area contributed by atoms with Gasteiger partial charge in [0.25, 0.3) is 5.91 Å². The number of halogens is 2. The first-order chi connectivity index (χ1) is 15.3. The highest BCUT2D eigenvalue weighted by Gasteiger charge is 2.15. The van der Waals surface area contributed by atoms with Crippen LogP contribution >= 0.6 is 23.2 Å². The summed E-state index contributed by atoms with van der Waals surface area (Å²) < 4.78 is 12.1. The van der Waals surface area contributed by atoms with Crippen LogP contribution in [0.3, 0.4) is 0 Å². The van der Waals surface area contributed by atoms with Crippen LogP contribution in [0.15, 0.2) is 53.6 Å². The molecule has 0 saturated heterocycles. The maximum Gasteiger partial charge on any atom is 0.337 e. The molecule has 0 fully saturated rings. The van der Waals surface area contributed by atoms with Crippen LogP contribution < -0.4 is 10.2 Å². The van der Waals surface area contributed by atoms with E-state index in [1.807, 2.05) is 24.5 Å². The van der Waals surface area contributed by atoms with Gasteiger partial charge < -0.3 is 14.0 Å². The summed E-state index contributed by atoms with van der Waals surface area (Å²) in [6.07, 6.45) is 1.53. The Bertz CT molecular complexity index is 1190. The maximum atomic E-state index is 12.0. The van der Waals surface area contributed by atoms with E-state index < -0.39 is 11.9 Å². The Hall–Kier alpha value is -3.29. The zero-order valence-electron chi connectivity index (χ0n) is 17.7. The number of benzene rings is 2. The Morgan fingerprint density at radius 2 is 1.84 bits per heavy atom. The molecule has 0 aliphatic heterocycles. The molecule has 1 heterocycles. The number of nitrogens with one attached hydrogen (secondary N) is 1. The number of hydrazone groups is 1. The van der Waals surface area contributed by atoms with Crippen molar-refractivity contribution in [2.24, 2.45) is 5.10 Å². The molecule has 1 aromatic heterocycles. The molecule has 3 rings (SSSR count). The monoisotopic (exact) mass is 473 g/mol. The summed E-state index contributed by atoms with van der Waals surface area (Å²) in [4.78, 5) is 23.9. The maximum absolute atomic E-state index is 12.0. The van der Waals surface area contributed by atoms with Crippen molar-refractivity contribution in [2.75, 3.05) is 13.7 Å². The van der Waals surface area contributed by atoms with Crippen molar-refractivity contribution in [3.63, 3.8) is 0 Å². The summed E-state index contributed by atoms with van der Waals surface area (Å²) in [6, 6.07) is 13.7. The molecular formula is C23H21Cl2N3O4. The molecule has 166 valence electrons. The fourth-order valence-electron chi connectivity index (χ4n) is 3.13. The lowest BCUT2D eigenvalue weighted by Crippen LogP contribution is -2.24. The van der Waals surface area contributed by atoms with Crippen LogP contribution in [0.25, 0.3) is 5.69 Å². The largest absolute Gasteiger partial charge is 0.482 e. The number of amides is 1. The molecule has 0 radical (unpaired) electrons. The van der Waals surface area contributed by atoms with Gasteiger partial charge in [0.2, 0.25) is 0 Å². The van der Waals surface area contributed by atoms with E-state index in [1.165, 1.54) is 13.3 Å². The van der Waals surface area contributed by atoms with Crippen molar-refractivity contribution in [3.05, 3.63) is 81.1 Å². The van der Waals surface area contributed by atoms with Crippen molar-refractivity contribution in [2.45, 2.75) is 13.8 Å². The molecule has 0 aliphatic carbocycles. The van der Waals surface area contributed by atoms with Gasteiger partial charge in [-0.25, -0.2) is 10.2 Å². The average molecular weight is 474 g/mol. The quantitative estimate of drug-likeness (QED) is 0.305. The van der Waals surface area contributed by atoms with Crippen LogP contribution in [0, 0.1) is 13.8 Å². The molecule has 0 bridgehead atoms. The molecule has 1 amide bonds. The molecule has 9 heteroatoms. The molecule has 32 heavy (non-hydrogen) atoms. The van der Waals surface area contributed by atoms with Gasteiger partial charge in [0.15, 0.2) is 6.61 Å². The summed E-state index contributed by atoms with van der Waals surface area (Å²) in [5.41, 5.74) is 5.93. The first-order valence-corrected chi connectivity index (χ1v) is 10.3. The normalized spacial score (nSPS) is 10.9. The Morgan fingerprint density at radius 3 is 2.56 bits per heavy atom. The zero-order valence-corrected chi connectivity index (χ0v) is 19.2. The standard InChI is InChI=1S/C23H21Cl2N3O4/c1-14-10-17(12-26-27-22(29)13-32-21-7-5-4-6-19(21)25)15(2)28(14)20-11-16(23(30)31-3)8-9-18(20)24/h4-12H,13H2,1-3H3,(H,27,29)/b26-12-. The van der Waals surface area contributed by atoms with E-state index in [-0.39, 0.29) is 6.61 Å². The van der Waals surface area contributed by atoms with Crippen LogP contribution in [-0.4, -0.2) is 36.4 Å². The highest BCUT2D eigenvalue weighted by Crippen LogP contribution is 2.27. The minimum Gasteiger partial charge on any atom is -0.482 e. The molecule has 0 unspecified atom stereocenters. The molecule has 3 aromatic rings. The van der Waals surface area contributed by atoms with Gasteiger partial charge in [-0.3, -0.25) is 4.79 Å². The van der Waals surface area contributed by atoms with Gasteiger partial charge in [-0.1, -0.05) is 35.3 Å². The molecule has 0 aliphatic rings. The van der Waals surface area contributed by atoms with E-state index in [4.69, 9.17) is 32.7 Å². The van der Waals surface area contributed by atoms with Gasteiger partial charge in [-0.2, -0.15) is 5.10 Å². The second-order valence-electron chi connectivity index (χ2n) is 6.83. The zero-order chi connectivity index (χ0) is 23.3. The smallest absolute Gasteiger partial charge is 0.337 e. The summed E-state index contributed by atoms with van der Waals surface area (Å²) in [5, 5.41) is 4.91. The van der Waals surface area contributed by atoms with E-state index in [0.717, 1.165) is 17.0 Å². The number of carbonyl (C=O) groups is 2. The van der Waals surface area contributed by atoms with Gasteiger partial charge >= 0.3 is 5.97 Å². The number of hydrogen-bond acceptors (Lipinski definition) is 5. The van der Waals surface area contributed by atoms with Crippen molar-refractivity contribution >= 4 is 41.3 Å². The number of carbonyl (C=O) groups excluding carboxylic acids is 2. The molecule has 0 saturated carbocycles. The molecule has 0 atom stereocenters. The number of hydrogen-bond donors (Lipinski definition) is 1. The fourth-order valence-corrected chi connectivity index (χ4v) is 3.52. The Labute approximate surface area is 195 Å². The SMILES string of the molecule is COC(=O)c1ccc(Cl)c(-n2c(C)cc(/C=N\NC(=O)COc3ccccc3Cl)c2C)c1. The third-order valence-corrected chi connectivity index (χ3v) is 5.30. The van der Waals surface area contributed by atoms with E-state index >= 15 is 0 Å². The Kier molecular flexibility index (Phi) is 7.56. The molecule has 0 spiro atoms. The minimum atomic E-state index is -0.450. The average Bonchev–Trinajstić information content (AvgIpc) is 3.06. The Morgan fingerprint density at radius 1 is 1.09 bits per heavy atom. The number of aryl methyl sites for hydroxylation is 1. The highest BCUT2D eigenvalue weighted by molar-refractivity contribution is 6.32. The Balaban J connectivity index is 1.72. The van der Waals surface area contributed by atoms with Crippen LogP contribution in [0.2, 0.25) is 10.0 Å². The van der Waals surface area contributed by atoms with E-state index in [2.05, 4.69) is 10.5 Å². The number of methoxy groups -OCH3 is 1. The van der Waals surface area contributed by atoms with Gasteiger partial charge in [0.05, 0.1) is 34.6 Å². The van der Waals surface area contributed by atoms with E-state index in [0.29, 0.717) is 27.0 Å². The number of esters is 1. The van der Waals surface area contributed by atoms with Crippen LogP contribution in [0.1, 0.15) is 27.3 Å². The van der Waals surface area contributed by atoms with Gasteiger partial charge in [0, 0.05) is 17.0 Å². The van der Waals surface area contributed by atoms with Crippen molar-refractivity contribution in [1.29, 1.82) is 0 Å². The van der Waals surface area contributed by atoms with Crippen LogP contribution in [0.4, 0.5) is 0 Å². The molecular weight excluding hydrogens is 453 g/mol. The first kappa shape index (κ1) is 23.4. The number of aromatic nitrogens is 1. The second-order valence-corrected chi connectivity index (χ2v) is 7.65. The van der Waals surface area contributed by atoms with Crippen molar-refractivity contribution in [1.82, 2.24) is 9.99 Å². The summed E-state index contributed by atoms with van der Waals surface area (Å²) in [7, 11) is 1.32.